The van der Waals surface area contributed by atoms with E-state index < -0.39 is 0 Å². The number of aromatic nitrogens is 5. The van der Waals surface area contributed by atoms with E-state index in [1.807, 2.05) is 49.1 Å². The monoisotopic (exact) mass is 513 g/mol. The van der Waals surface area contributed by atoms with Crippen LogP contribution in [0.15, 0.2) is 140 Å². The second kappa shape index (κ2) is 9.03. The van der Waals surface area contributed by atoms with Crippen LogP contribution in [0.1, 0.15) is 0 Å². The van der Waals surface area contributed by atoms with Gasteiger partial charge < -0.3 is 4.57 Å². The molecule has 5 nitrogen and oxygen atoms in total. The minimum atomic E-state index is 0.867. The molecule has 0 amide bonds. The molecule has 0 bridgehead atoms. The van der Waals surface area contributed by atoms with E-state index in [4.69, 9.17) is 4.98 Å². The molecule has 4 heterocycles. The third-order valence-corrected chi connectivity index (χ3v) is 7.52. The predicted molar refractivity (Wildman–Crippen MR) is 162 cm³/mol. The van der Waals surface area contributed by atoms with Crippen LogP contribution >= 0.6 is 0 Å². The number of nitrogens with zero attached hydrogens (tertiary/aromatic N) is 5. The predicted octanol–water partition coefficient (Wildman–Crippen LogP) is 8.25. The Labute approximate surface area is 230 Å². The van der Waals surface area contributed by atoms with Crippen LogP contribution in [0.3, 0.4) is 0 Å². The lowest BCUT2D eigenvalue weighted by Gasteiger charge is -2.13. The van der Waals surface area contributed by atoms with Gasteiger partial charge in [-0.15, -0.1) is 0 Å². The fourth-order valence-electron chi connectivity index (χ4n) is 5.82. The molecular weight excluding hydrogens is 490 g/mol. The Bertz CT molecular complexity index is 2130. The first kappa shape index (κ1) is 22.4. The van der Waals surface area contributed by atoms with Crippen molar-refractivity contribution in [3.8, 4) is 33.9 Å². The largest absolute Gasteiger partial charge is 0.309 e. The van der Waals surface area contributed by atoms with E-state index in [1.54, 1.807) is 0 Å². The highest BCUT2D eigenvalue weighted by Crippen LogP contribution is 2.43. The van der Waals surface area contributed by atoms with Gasteiger partial charge in [-0.3, -0.25) is 14.5 Å². The molecule has 4 aromatic carbocycles. The lowest BCUT2D eigenvalue weighted by Crippen LogP contribution is -1.99. The van der Waals surface area contributed by atoms with Crippen molar-refractivity contribution in [1.82, 2.24) is 24.1 Å². The highest BCUT2D eigenvalue weighted by molar-refractivity contribution is 6.24. The van der Waals surface area contributed by atoms with Crippen LogP contribution in [0, 0.1) is 0 Å². The number of fused-ring (bicyclic) bond motifs is 5. The van der Waals surface area contributed by atoms with Gasteiger partial charge in [0.1, 0.15) is 5.82 Å². The highest BCUT2D eigenvalue weighted by atomic mass is 15.1. The zero-order chi connectivity index (χ0) is 26.5. The molecule has 0 saturated heterocycles. The van der Waals surface area contributed by atoms with Gasteiger partial charge in [0.25, 0.3) is 0 Å². The molecule has 40 heavy (non-hydrogen) atoms. The molecule has 0 unspecified atom stereocenters. The molecule has 0 spiro atoms. The van der Waals surface area contributed by atoms with Gasteiger partial charge >= 0.3 is 0 Å². The van der Waals surface area contributed by atoms with E-state index in [0.29, 0.717) is 0 Å². The van der Waals surface area contributed by atoms with Gasteiger partial charge in [-0.25, -0.2) is 4.98 Å². The zero-order valence-electron chi connectivity index (χ0n) is 21.5. The highest BCUT2D eigenvalue weighted by Gasteiger charge is 2.24. The summed E-state index contributed by atoms with van der Waals surface area (Å²) in [5.74, 6) is 0.867. The summed E-state index contributed by atoms with van der Waals surface area (Å²) in [7, 11) is 0. The molecule has 5 heteroatoms. The van der Waals surface area contributed by atoms with Crippen molar-refractivity contribution in [3.05, 3.63) is 140 Å². The molecule has 188 valence electrons. The third kappa shape index (κ3) is 3.38. The molecule has 0 aliphatic carbocycles. The SMILES string of the molecule is c1ccc(-c2cc3c(nc(-c4ccncc4)n3-c3ccncc3)c3c4ccccc4n(-c4ccccc4)c23)cc1. The van der Waals surface area contributed by atoms with Crippen LogP contribution in [-0.2, 0) is 0 Å². The molecule has 0 N–H and O–H groups in total. The van der Waals surface area contributed by atoms with E-state index >= 15 is 0 Å². The standard InChI is InChI=1S/C35H23N5/c1-3-9-24(10-4-1)29-23-31-33(38-35(25-15-19-36-20-16-25)40(31)27-17-21-37-22-18-27)32-28-13-7-8-14-30(28)39(34(29)32)26-11-5-2-6-12-26/h1-23H. The molecule has 0 aliphatic rings. The average Bonchev–Trinajstić information content (AvgIpc) is 3.59. The topological polar surface area (TPSA) is 48.5 Å². The maximum absolute atomic E-state index is 5.38. The molecule has 4 aromatic heterocycles. The van der Waals surface area contributed by atoms with Gasteiger partial charge in [0.2, 0.25) is 0 Å². The van der Waals surface area contributed by atoms with Gasteiger partial charge in [0.05, 0.1) is 27.8 Å². The summed E-state index contributed by atoms with van der Waals surface area (Å²) in [4.78, 5) is 13.9. The smallest absolute Gasteiger partial charge is 0.145 e. The summed E-state index contributed by atoms with van der Waals surface area (Å²) in [5, 5.41) is 2.31. The minimum Gasteiger partial charge on any atom is -0.309 e. The van der Waals surface area contributed by atoms with Crippen LogP contribution in [0.25, 0.3) is 66.7 Å². The Hall–Kier alpha value is -5.55. The normalized spacial score (nSPS) is 11.5. The number of imidazole rings is 1. The van der Waals surface area contributed by atoms with Crippen molar-refractivity contribution in [2.75, 3.05) is 0 Å². The molecule has 8 rings (SSSR count). The second-order valence-electron chi connectivity index (χ2n) is 9.78. The number of pyridine rings is 2. The summed E-state index contributed by atoms with van der Waals surface area (Å²) in [6.45, 7) is 0. The van der Waals surface area contributed by atoms with E-state index in [2.05, 4.69) is 110 Å². The quantitative estimate of drug-likeness (QED) is 0.238. The van der Waals surface area contributed by atoms with E-state index in [9.17, 15) is 0 Å². The summed E-state index contributed by atoms with van der Waals surface area (Å²) < 4.78 is 4.62. The lowest BCUT2D eigenvalue weighted by atomic mass is 10.0. The van der Waals surface area contributed by atoms with Crippen molar-refractivity contribution >= 4 is 32.8 Å². The van der Waals surface area contributed by atoms with Crippen molar-refractivity contribution in [1.29, 1.82) is 0 Å². The van der Waals surface area contributed by atoms with Gasteiger partial charge in [0.15, 0.2) is 0 Å². The summed E-state index contributed by atoms with van der Waals surface area (Å²) in [6.07, 6.45) is 7.29. The molecule has 0 fully saturated rings. The summed E-state index contributed by atoms with van der Waals surface area (Å²) >= 11 is 0. The number of hydrogen-bond acceptors (Lipinski definition) is 3. The van der Waals surface area contributed by atoms with Crippen molar-refractivity contribution in [2.24, 2.45) is 0 Å². The Morgan fingerprint density at radius 2 is 1.12 bits per heavy atom. The van der Waals surface area contributed by atoms with E-state index in [1.165, 1.54) is 5.39 Å². The van der Waals surface area contributed by atoms with Crippen LogP contribution in [0.4, 0.5) is 0 Å². The molecule has 0 radical (unpaired) electrons. The summed E-state index contributed by atoms with van der Waals surface area (Å²) in [6, 6.07) is 40.2. The van der Waals surface area contributed by atoms with Gasteiger partial charge in [-0.05, 0) is 54.1 Å². The van der Waals surface area contributed by atoms with Crippen LogP contribution < -0.4 is 0 Å². The summed E-state index contributed by atoms with van der Waals surface area (Å²) in [5.41, 5.74) is 9.74. The molecule has 0 saturated carbocycles. The Morgan fingerprint density at radius 3 is 1.88 bits per heavy atom. The van der Waals surface area contributed by atoms with Gasteiger partial charge in [-0.2, -0.15) is 0 Å². The molecular formula is C35H23N5. The number of para-hydroxylation sites is 2. The van der Waals surface area contributed by atoms with E-state index in [-0.39, 0.29) is 0 Å². The van der Waals surface area contributed by atoms with Crippen molar-refractivity contribution in [3.63, 3.8) is 0 Å². The van der Waals surface area contributed by atoms with Gasteiger partial charge in [-0.1, -0.05) is 66.7 Å². The van der Waals surface area contributed by atoms with Crippen molar-refractivity contribution in [2.45, 2.75) is 0 Å². The Morgan fingerprint density at radius 1 is 0.500 bits per heavy atom. The molecule has 0 aliphatic heterocycles. The second-order valence-corrected chi connectivity index (χ2v) is 9.78. The number of benzene rings is 4. The Balaban J connectivity index is 1.63. The van der Waals surface area contributed by atoms with Crippen molar-refractivity contribution < 1.29 is 0 Å². The first-order valence-corrected chi connectivity index (χ1v) is 13.3. The third-order valence-electron chi connectivity index (χ3n) is 7.52. The first-order valence-electron chi connectivity index (χ1n) is 13.3. The maximum Gasteiger partial charge on any atom is 0.145 e. The fourth-order valence-corrected chi connectivity index (χ4v) is 5.82. The van der Waals surface area contributed by atoms with E-state index in [0.717, 1.165) is 61.3 Å². The Kier molecular flexibility index (Phi) is 5.07. The van der Waals surface area contributed by atoms with Crippen LogP contribution in [0.2, 0.25) is 0 Å². The average molecular weight is 514 g/mol. The number of rotatable bonds is 4. The fraction of sp³-hybridized carbons (Fsp3) is 0. The first-order chi connectivity index (χ1) is 19.9. The molecule has 0 atom stereocenters. The zero-order valence-corrected chi connectivity index (χ0v) is 21.5. The lowest BCUT2D eigenvalue weighted by molar-refractivity contribution is 1.09. The molecule has 8 aromatic rings. The maximum atomic E-state index is 5.38. The van der Waals surface area contributed by atoms with Gasteiger partial charge in [0, 0.05) is 52.4 Å². The number of hydrogen-bond donors (Lipinski definition) is 0. The van der Waals surface area contributed by atoms with Crippen LogP contribution in [-0.4, -0.2) is 24.1 Å². The minimum absolute atomic E-state index is 0.867. The van der Waals surface area contributed by atoms with Crippen LogP contribution in [0.5, 0.6) is 0 Å².